The van der Waals surface area contributed by atoms with Gasteiger partial charge in [0.2, 0.25) is 0 Å². The van der Waals surface area contributed by atoms with Crippen molar-refractivity contribution in [2.75, 3.05) is 18.4 Å². The van der Waals surface area contributed by atoms with Crippen LogP contribution in [0, 0.1) is 0 Å². The number of nitrogens with one attached hydrogen (secondary N) is 1. The molecule has 1 amide bonds. The van der Waals surface area contributed by atoms with E-state index < -0.39 is 0 Å². The predicted molar refractivity (Wildman–Crippen MR) is 126 cm³/mol. The van der Waals surface area contributed by atoms with Gasteiger partial charge in [-0.05, 0) is 60.0 Å². The summed E-state index contributed by atoms with van der Waals surface area (Å²) in [5.74, 6) is 0.732. The molecule has 0 bridgehead atoms. The van der Waals surface area contributed by atoms with Gasteiger partial charge in [0, 0.05) is 58.4 Å². The summed E-state index contributed by atoms with van der Waals surface area (Å²) in [6, 6.07) is 17.5. The van der Waals surface area contributed by atoms with Gasteiger partial charge in [-0.1, -0.05) is 35.9 Å². The highest BCUT2D eigenvalue weighted by atomic mass is 35.5. The molecule has 1 aliphatic heterocycles. The second-order valence-corrected chi connectivity index (χ2v) is 8.42. The molecule has 0 aliphatic carbocycles. The summed E-state index contributed by atoms with van der Waals surface area (Å²) in [4.78, 5) is 15.2. The zero-order valence-corrected chi connectivity index (χ0v) is 18.5. The Morgan fingerprint density at radius 3 is 2.62 bits per heavy atom. The lowest BCUT2D eigenvalue weighted by Gasteiger charge is -2.27. The van der Waals surface area contributed by atoms with Crippen LogP contribution in [-0.2, 0) is 7.05 Å². The molecule has 5 rings (SSSR count). The molecule has 32 heavy (non-hydrogen) atoms. The zero-order chi connectivity index (χ0) is 22.1. The Bertz CT molecular complexity index is 1290. The van der Waals surface area contributed by atoms with Crippen LogP contribution in [0.3, 0.4) is 0 Å². The fourth-order valence-corrected chi connectivity index (χ4v) is 4.56. The average Bonchev–Trinajstić information content (AvgIpc) is 3.26. The molecule has 0 radical (unpaired) electrons. The molecule has 0 atom stereocenters. The Morgan fingerprint density at radius 1 is 1.03 bits per heavy atom. The largest absolute Gasteiger partial charge is 0.355 e. The van der Waals surface area contributed by atoms with E-state index in [2.05, 4.69) is 20.8 Å². The molecule has 0 spiro atoms. The van der Waals surface area contributed by atoms with Gasteiger partial charge in [0.15, 0.2) is 5.82 Å². The number of amides is 1. The van der Waals surface area contributed by atoms with Crippen LogP contribution in [0.5, 0.6) is 0 Å². The number of piperidine rings is 1. The third-order valence-electron chi connectivity index (χ3n) is 5.88. The molecule has 1 aliphatic rings. The molecule has 3 aromatic carbocycles. The molecule has 0 saturated carbocycles. The van der Waals surface area contributed by atoms with Crippen LogP contribution in [0.15, 0.2) is 54.6 Å². The fraction of sp³-hybridized carbons (Fsp3) is 0.250. The zero-order valence-electron chi connectivity index (χ0n) is 17.8. The van der Waals surface area contributed by atoms with E-state index in [1.165, 1.54) is 6.42 Å². The Kier molecular flexibility index (Phi) is 5.49. The van der Waals surface area contributed by atoms with Gasteiger partial charge in [-0.25, -0.2) is 4.68 Å². The minimum Gasteiger partial charge on any atom is -0.355 e. The van der Waals surface area contributed by atoms with Gasteiger partial charge in [-0.2, -0.15) is 0 Å². The Morgan fingerprint density at radius 2 is 1.84 bits per heavy atom. The van der Waals surface area contributed by atoms with Crippen molar-refractivity contribution in [1.82, 2.24) is 25.1 Å². The third-order valence-corrected chi connectivity index (χ3v) is 6.20. The SMILES string of the molecule is Cn1nnnc1-c1cccc(Nc2ccc(C(=O)N3CCCCC3)c3c(Cl)cccc23)c1. The summed E-state index contributed by atoms with van der Waals surface area (Å²) in [5, 5.41) is 17.5. The van der Waals surface area contributed by atoms with Crippen molar-refractivity contribution in [1.29, 1.82) is 0 Å². The van der Waals surface area contributed by atoms with Gasteiger partial charge >= 0.3 is 0 Å². The van der Waals surface area contributed by atoms with Crippen molar-refractivity contribution in [3.63, 3.8) is 0 Å². The summed E-state index contributed by atoms with van der Waals surface area (Å²) in [7, 11) is 1.81. The molecule has 7 nitrogen and oxygen atoms in total. The molecule has 1 fully saturated rings. The van der Waals surface area contributed by atoms with E-state index in [-0.39, 0.29) is 5.91 Å². The molecule has 8 heteroatoms. The van der Waals surface area contributed by atoms with Crippen molar-refractivity contribution < 1.29 is 4.79 Å². The Labute approximate surface area is 191 Å². The summed E-state index contributed by atoms with van der Waals surface area (Å²) in [6.45, 7) is 1.60. The number of aryl methyl sites for hydroxylation is 1. The number of nitrogens with zero attached hydrogens (tertiary/aromatic N) is 5. The van der Waals surface area contributed by atoms with Crippen molar-refractivity contribution in [3.05, 3.63) is 65.2 Å². The first-order valence-electron chi connectivity index (χ1n) is 10.7. The van der Waals surface area contributed by atoms with E-state index in [4.69, 9.17) is 11.6 Å². The maximum atomic E-state index is 13.3. The quantitative estimate of drug-likeness (QED) is 0.474. The lowest BCUT2D eigenvalue weighted by atomic mass is 10.00. The lowest BCUT2D eigenvalue weighted by molar-refractivity contribution is 0.0726. The fourth-order valence-electron chi connectivity index (χ4n) is 4.28. The number of aromatic nitrogens is 4. The smallest absolute Gasteiger partial charge is 0.254 e. The van der Waals surface area contributed by atoms with Crippen LogP contribution in [0.1, 0.15) is 29.6 Å². The molecule has 1 N–H and O–H groups in total. The average molecular weight is 447 g/mol. The molecule has 1 aromatic heterocycles. The minimum atomic E-state index is 0.0473. The van der Waals surface area contributed by atoms with Gasteiger partial charge in [-0.15, -0.1) is 5.10 Å². The van der Waals surface area contributed by atoms with Crippen molar-refractivity contribution in [2.24, 2.45) is 7.05 Å². The highest BCUT2D eigenvalue weighted by Crippen LogP contribution is 2.35. The van der Waals surface area contributed by atoms with Crippen LogP contribution in [0.25, 0.3) is 22.2 Å². The number of carbonyl (C=O) groups is 1. The minimum absolute atomic E-state index is 0.0473. The number of rotatable bonds is 4. The number of hydrogen-bond donors (Lipinski definition) is 1. The topological polar surface area (TPSA) is 75.9 Å². The number of halogens is 1. The van der Waals surface area contributed by atoms with Crippen LogP contribution in [0.4, 0.5) is 11.4 Å². The van der Waals surface area contributed by atoms with Crippen molar-refractivity contribution >= 4 is 39.7 Å². The lowest BCUT2D eigenvalue weighted by Crippen LogP contribution is -2.35. The number of anilines is 2. The molecule has 0 unspecified atom stereocenters. The second-order valence-electron chi connectivity index (χ2n) is 8.01. The summed E-state index contributed by atoms with van der Waals surface area (Å²) in [6.07, 6.45) is 3.28. The van der Waals surface area contributed by atoms with E-state index in [1.807, 2.05) is 66.5 Å². The van der Waals surface area contributed by atoms with Crippen LogP contribution in [-0.4, -0.2) is 44.1 Å². The highest BCUT2D eigenvalue weighted by molar-refractivity contribution is 6.37. The molecule has 162 valence electrons. The van der Waals surface area contributed by atoms with Gasteiger partial charge in [0.1, 0.15) is 0 Å². The Hall–Kier alpha value is -3.45. The van der Waals surface area contributed by atoms with Crippen molar-refractivity contribution in [2.45, 2.75) is 19.3 Å². The van der Waals surface area contributed by atoms with Gasteiger partial charge in [-0.3, -0.25) is 4.79 Å². The number of fused-ring (bicyclic) bond motifs is 1. The normalized spacial score (nSPS) is 14.0. The molecule has 1 saturated heterocycles. The maximum absolute atomic E-state index is 13.3. The standard InChI is InChI=1S/C24H23ClN6O/c1-30-23(27-28-29-30)16-7-5-8-17(15-16)26-21-12-11-19(22-18(21)9-6-10-20(22)25)24(32)31-13-3-2-4-14-31/h5-12,15,26H,2-4,13-14H2,1H3. The van der Waals surface area contributed by atoms with Crippen molar-refractivity contribution in [3.8, 4) is 11.4 Å². The van der Waals surface area contributed by atoms with Crippen LogP contribution < -0.4 is 5.32 Å². The number of tetrazole rings is 1. The highest BCUT2D eigenvalue weighted by Gasteiger charge is 2.22. The monoisotopic (exact) mass is 446 g/mol. The molecular weight excluding hydrogens is 424 g/mol. The number of hydrogen-bond acceptors (Lipinski definition) is 5. The van der Waals surface area contributed by atoms with E-state index in [9.17, 15) is 4.79 Å². The first-order valence-corrected chi connectivity index (χ1v) is 11.1. The number of carbonyl (C=O) groups excluding carboxylic acids is 1. The summed E-state index contributed by atoms with van der Waals surface area (Å²) < 4.78 is 1.63. The van der Waals surface area contributed by atoms with Gasteiger partial charge < -0.3 is 10.2 Å². The Balaban J connectivity index is 1.53. The number of likely N-dealkylation sites (tertiary alicyclic amines) is 1. The maximum Gasteiger partial charge on any atom is 0.254 e. The molecule has 4 aromatic rings. The van der Waals surface area contributed by atoms with Gasteiger partial charge in [0.25, 0.3) is 5.91 Å². The first kappa shape index (κ1) is 20.5. The molecular formula is C24H23ClN6O. The second kappa shape index (κ2) is 8.59. The summed E-state index contributed by atoms with van der Waals surface area (Å²) in [5.41, 5.74) is 3.33. The van der Waals surface area contributed by atoms with Crippen LogP contribution >= 0.6 is 11.6 Å². The van der Waals surface area contributed by atoms with Crippen LogP contribution in [0.2, 0.25) is 5.02 Å². The molecule has 2 heterocycles. The third kappa shape index (κ3) is 3.80. The van der Waals surface area contributed by atoms with Gasteiger partial charge in [0.05, 0.1) is 0 Å². The predicted octanol–water partition coefficient (Wildman–Crippen LogP) is 5.05. The number of benzene rings is 3. The van der Waals surface area contributed by atoms with E-state index in [1.54, 1.807) is 4.68 Å². The van der Waals surface area contributed by atoms with E-state index >= 15 is 0 Å². The summed E-state index contributed by atoms with van der Waals surface area (Å²) >= 11 is 6.61. The van der Waals surface area contributed by atoms with E-state index in [0.29, 0.717) is 16.4 Å². The first-order chi connectivity index (χ1) is 15.6. The van der Waals surface area contributed by atoms with E-state index in [0.717, 1.165) is 53.6 Å².